The lowest BCUT2D eigenvalue weighted by Crippen LogP contribution is -2.22. The minimum absolute atomic E-state index is 0.151. The van der Waals surface area contributed by atoms with Crippen molar-refractivity contribution in [1.29, 1.82) is 0 Å². The molecule has 0 saturated heterocycles. The van der Waals surface area contributed by atoms with Gasteiger partial charge in [-0.15, -0.1) is 0 Å². The van der Waals surface area contributed by atoms with E-state index in [2.05, 4.69) is 25.3 Å². The van der Waals surface area contributed by atoms with Crippen LogP contribution in [0.25, 0.3) is 22.4 Å². The number of rotatable bonds is 4. The van der Waals surface area contributed by atoms with E-state index in [4.69, 9.17) is 4.98 Å². The molecule has 0 aliphatic carbocycles. The lowest BCUT2D eigenvalue weighted by atomic mass is 10.2. The van der Waals surface area contributed by atoms with Gasteiger partial charge in [-0.05, 0) is 24.3 Å². The summed E-state index contributed by atoms with van der Waals surface area (Å²) in [4.78, 5) is 35.1. The molecule has 0 radical (unpaired) electrons. The van der Waals surface area contributed by atoms with Gasteiger partial charge in [-0.2, -0.15) is 0 Å². The van der Waals surface area contributed by atoms with Crippen molar-refractivity contribution in [1.82, 2.24) is 34.4 Å². The van der Waals surface area contributed by atoms with E-state index >= 15 is 0 Å². The quantitative estimate of drug-likeness (QED) is 0.584. The fourth-order valence-electron chi connectivity index (χ4n) is 2.74. The van der Waals surface area contributed by atoms with Gasteiger partial charge in [0.25, 0.3) is 5.91 Å². The van der Waals surface area contributed by atoms with Crippen molar-refractivity contribution in [2.24, 2.45) is 7.05 Å². The van der Waals surface area contributed by atoms with Gasteiger partial charge in [-0.1, -0.05) is 0 Å². The second kappa shape index (κ2) is 7.03. The van der Waals surface area contributed by atoms with Crippen molar-refractivity contribution in [2.45, 2.75) is 0 Å². The Hall–Kier alpha value is -3.88. The standard InChI is InChI=1S/C19H18N8O/c1-26(2)19(28)15-5-4-12(8-21-15)24-18-17-14(22-10-23-18)7-6-13(25-17)16-9-20-11-27(16)3/h4-11H,1-3H3,(H,22,23,24). The highest BCUT2D eigenvalue weighted by Crippen LogP contribution is 2.24. The molecule has 0 aliphatic heterocycles. The average molecular weight is 374 g/mol. The summed E-state index contributed by atoms with van der Waals surface area (Å²) in [6.07, 6.45) is 6.56. The van der Waals surface area contributed by atoms with E-state index < -0.39 is 0 Å². The molecule has 1 N–H and O–H groups in total. The molecule has 0 bridgehead atoms. The van der Waals surface area contributed by atoms with Gasteiger partial charge in [0.15, 0.2) is 5.82 Å². The van der Waals surface area contributed by atoms with Crippen LogP contribution in [-0.2, 0) is 7.05 Å². The third-order valence-corrected chi connectivity index (χ3v) is 4.21. The molecule has 0 atom stereocenters. The third kappa shape index (κ3) is 3.25. The summed E-state index contributed by atoms with van der Waals surface area (Å²) in [5.41, 5.74) is 4.09. The van der Waals surface area contributed by atoms with Crippen LogP contribution in [0.5, 0.6) is 0 Å². The molecule has 0 fully saturated rings. The van der Waals surface area contributed by atoms with Gasteiger partial charge < -0.3 is 14.8 Å². The third-order valence-electron chi connectivity index (χ3n) is 4.21. The van der Waals surface area contributed by atoms with Crippen LogP contribution in [0.15, 0.2) is 49.3 Å². The zero-order chi connectivity index (χ0) is 19.7. The van der Waals surface area contributed by atoms with Gasteiger partial charge in [0.1, 0.15) is 17.5 Å². The second-order valence-corrected chi connectivity index (χ2v) is 6.43. The summed E-state index contributed by atoms with van der Waals surface area (Å²) >= 11 is 0. The summed E-state index contributed by atoms with van der Waals surface area (Å²) in [6.45, 7) is 0. The summed E-state index contributed by atoms with van der Waals surface area (Å²) < 4.78 is 1.90. The van der Waals surface area contributed by atoms with Crippen LogP contribution in [0.4, 0.5) is 11.5 Å². The first-order valence-electron chi connectivity index (χ1n) is 8.56. The molecular formula is C19H18N8O. The van der Waals surface area contributed by atoms with Crippen LogP contribution >= 0.6 is 0 Å². The molecule has 0 unspecified atom stereocenters. The van der Waals surface area contributed by atoms with Crippen LogP contribution in [0.2, 0.25) is 0 Å². The van der Waals surface area contributed by atoms with Crippen LogP contribution in [0.1, 0.15) is 10.5 Å². The van der Waals surface area contributed by atoms with E-state index in [0.717, 1.165) is 16.9 Å². The number of carbonyl (C=O) groups excluding carboxylic acids is 1. The monoisotopic (exact) mass is 374 g/mol. The second-order valence-electron chi connectivity index (χ2n) is 6.43. The van der Waals surface area contributed by atoms with Crippen LogP contribution < -0.4 is 5.32 Å². The first-order chi connectivity index (χ1) is 13.5. The van der Waals surface area contributed by atoms with Crippen LogP contribution in [0, 0.1) is 0 Å². The lowest BCUT2D eigenvalue weighted by Gasteiger charge is -2.11. The van der Waals surface area contributed by atoms with E-state index in [-0.39, 0.29) is 5.91 Å². The predicted octanol–water partition coefficient (Wildman–Crippen LogP) is 2.27. The minimum Gasteiger partial charge on any atom is -0.343 e. The Labute approximate surface area is 161 Å². The Morgan fingerprint density at radius 1 is 1.07 bits per heavy atom. The molecular weight excluding hydrogens is 356 g/mol. The van der Waals surface area contributed by atoms with E-state index in [1.807, 2.05) is 23.7 Å². The summed E-state index contributed by atoms with van der Waals surface area (Å²) in [6, 6.07) is 7.25. The molecule has 28 heavy (non-hydrogen) atoms. The van der Waals surface area contributed by atoms with Gasteiger partial charge >= 0.3 is 0 Å². The van der Waals surface area contributed by atoms with Crippen LogP contribution in [0.3, 0.4) is 0 Å². The molecule has 140 valence electrons. The molecule has 0 aromatic carbocycles. The molecule has 4 rings (SSSR count). The van der Waals surface area contributed by atoms with Crippen molar-refractivity contribution in [2.75, 3.05) is 19.4 Å². The number of fused-ring (bicyclic) bond motifs is 1. The highest BCUT2D eigenvalue weighted by Gasteiger charge is 2.12. The van der Waals surface area contributed by atoms with E-state index in [0.29, 0.717) is 22.7 Å². The van der Waals surface area contributed by atoms with Gasteiger partial charge in [0.05, 0.1) is 41.3 Å². The summed E-state index contributed by atoms with van der Waals surface area (Å²) in [5.74, 6) is 0.407. The average Bonchev–Trinajstić information content (AvgIpc) is 3.14. The van der Waals surface area contributed by atoms with Gasteiger partial charge in [-0.25, -0.2) is 24.9 Å². The topological polar surface area (TPSA) is 102 Å². The van der Waals surface area contributed by atoms with Crippen LogP contribution in [-0.4, -0.2) is 54.4 Å². The summed E-state index contributed by atoms with van der Waals surface area (Å²) in [7, 11) is 5.29. The highest BCUT2D eigenvalue weighted by atomic mass is 16.2. The van der Waals surface area contributed by atoms with Gasteiger partial charge in [0, 0.05) is 21.1 Å². The molecule has 4 heterocycles. The normalized spacial score (nSPS) is 10.8. The van der Waals surface area contributed by atoms with Gasteiger partial charge in [-0.3, -0.25) is 4.79 Å². The number of carbonyl (C=O) groups is 1. The minimum atomic E-state index is -0.151. The SMILES string of the molecule is CN(C)C(=O)c1ccc(Nc2ncnc3ccc(-c4cncn4C)nc23)cn1. The molecule has 9 heteroatoms. The van der Waals surface area contributed by atoms with E-state index in [9.17, 15) is 4.79 Å². The Kier molecular flexibility index (Phi) is 4.40. The number of aromatic nitrogens is 6. The smallest absolute Gasteiger partial charge is 0.271 e. The fraction of sp³-hybridized carbons (Fsp3) is 0.158. The number of nitrogens with zero attached hydrogens (tertiary/aromatic N) is 7. The fourth-order valence-corrected chi connectivity index (χ4v) is 2.74. The van der Waals surface area contributed by atoms with E-state index in [1.54, 1.807) is 44.9 Å². The number of aryl methyl sites for hydroxylation is 1. The molecule has 1 amide bonds. The van der Waals surface area contributed by atoms with Crippen molar-refractivity contribution in [3.05, 3.63) is 55.0 Å². The summed E-state index contributed by atoms with van der Waals surface area (Å²) in [5, 5.41) is 3.21. The zero-order valence-corrected chi connectivity index (χ0v) is 15.7. The maximum Gasteiger partial charge on any atom is 0.271 e. The van der Waals surface area contributed by atoms with Crippen molar-refractivity contribution >= 4 is 28.4 Å². The number of anilines is 2. The first kappa shape index (κ1) is 17.5. The number of pyridine rings is 2. The Bertz CT molecular complexity index is 1150. The molecule has 9 nitrogen and oxygen atoms in total. The van der Waals surface area contributed by atoms with E-state index in [1.165, 1.54) is 11.2 Å². The Morgan fingerprint density at radius 2 is 1.93 bits per heavy atom. The maximum atomic E-state index is 12.0. The zero-order valence-electron chi connectivity index (χ0n) is 15.7. The molecule has 4 aromatic heterocycles. The highest BCUT2D eigenvalue weighted by molar-refractivity contribution is 5.92. The number of hydrogen-bond acceptors (Lipinski definition) is 7. The maximum absolute atomic E-state index is 12.0. The molecule has 4 aromatic rings. The largest absolute Gasteiger partial charge is 0.343 e. The van der Waals surface area contributed by atoms with Crippen molar-refractivity contribution in [3.63, 3.8) is 0 Å². The predicted molar refractivity (Wildman–Crippen MR) is 105 cm³/mol. The lowest BCUT2D eigenvalue weighted by molar-refractivity contribution is 0.0822. The number of hydrogen-bond donors (Lipinski definition) is 1. The molecule has 0 spiro atoms. The number of amides is 1. The van der Waals surface area contributed by atoms with Gasteiger partial charge in [0.2, 0.25) is 0 Å². The van der Waals surface area contributed by atoms with Crippen molar-refractivity contribution < 1.29 is 4.79 Å². The Balaban J connectivity index is 1.69. The number of imidazole rings is 1. The van der Waals surface area contributed by atoms with Crippen molar-refractivity contribution in [3.8, 4) is 11.4 Å². The number of nitrogens with one attached hydrogen (secondary N) is 1. The molecule has 0 aliphatic rings. The first-order valence-corrected chi connectivity index (χ1v) is 8.56. The Morgan fingerprint density at radius 3 is 2.61 bits per heavy atom. The molecule has 0 saturated carbocycles.